The number of hydrogen-bond acceptors (Lipinski definition) is 5. The second-order valence-electron chi connectivity index (χ2n) is 5.85. The highest BCUT2D eigenvalue weighted by Gasteiger charge is 2.23. The van der Waals surface area contributed by atoms with E-state index in [2.05, 4.69) is 9.97 Å². The molecule has 2 aromatic carbocycles. The summed E-state index contributed by atoms with van der Waals surface area (Å²) in [6.07, 6.45) is 0. The summed E-state index contributed by atoms with van der Waals surface area (Å²) >= 11 is 1.44. The Morgan fingerprint density at radius 1 is 1.04 bits per heavy atom. The monoisotopic (exact) mass is 376 g/mol. The van der Waals surface area contributed by atoms with Crippen molar-refractivity contribution in [1.29, 1.82) is 0 Å². The van der Waals surface area contributed by atoms with Crippen LogP contribution in [0.5, 0.6) is 0 Å². The smallest absolute Gasteiger partial charge is 0.346 e. The number of H-pyrrole nitrogens is 1. The molecule has 0 unspecified atom stereocenters. The average Bonchev–Trinajstić information content (AvgIpc) is 3.13. The van der Waals surface area contributed by atoms with Gasteiger partial charge in [0.2, 0.25) is 0 Å². The minimum absolute atomic E-state index is 0.0510. The highest BCUT2D eigenvalue weighted by molar-refractivity contribution is 7.22. The van der Waals surface area contributed by atoms with Crippen LogP contribution in [-0.4, -0.2) is 22.5 Å². The molecule has 4 aromatic rings. The Morgan fingerprint density at radius 2 is 1.67 bits per heavy atom. The number of pyridine rings is 1. The van der Waals surface area contributed by atoms with Gasteiger partial charge in [0.15, 0.2) is 5.56 Å². The van der Waals surface area contributed by atoms with E-state index < -0.39 is 11.5 Å². The van der Waals surface area contributed by atoms with Crippen LogP contribution in [0.4, 0.5) is 0 Å². The maximum absolute atomic E-state index is 12.7. The predicted octanol–water partition coefficient (Wildman–Crippen LogP) is 4.50. The van der Waals surface area contributed by atoms with Gasteiger partial charge in [0, 0.05) is 5.56 Å². The number of benzene rings is 2. The Hall–Kier alpha value is -3.25. The summed E-state index contributed by atoms with van der Waals surface area (Å²) in [5, 5.41) is 0.743. The second kappa shape index (κ2) is 7.17. The van der Waals surface area contributed by atoms with Crippen LogP contribution in [0.3, 0.4) is 0 Å². The lowest BCUT2D eigenvalue weighted by atomic mass is 10.1. The Kier molecular flexibility index (Phi) is 4.56. The first kappa shape index (κ1) is 17.2. The number of thiazole rings is 1. The van der Waals surface area contributed by atoms with E-state index in [1.54, 1.807) is 6.92 Å². The van der Waals surface area contributed by atoms with E-state index in [0.717, 1.165) is 20.8 Å². The fourth-order valence-electron chi connectivity index (χ4n) is 2.90. The Bertz CT molecular complexity index is 1160. The lowest BCUT2D eigenvalue weighted by Gasteiger charge is -2.06. The maximum Gasteiger partial charge on any atom is 0.346 e. The number of carbonyl (C=O) groups excluding carboxylic acids is 1. The molecule has 0 atom stereocenters. The molecule has 1 N–H and O–H groups in total. The van der Waals surface area contributed by atoms with Gasteiger partial charge in [-0.2, -0.15) is 0 Å². The molecule has 6 heteroatoms. The highest BCUT2D eigenvalue weighted by atomic mass is 32.1. The fourth-order valence-corrected chi connectivity index (χ4v) is 4.00. The molecule has 0 radical (unpaired) electrons. The number of aromatic amines is 1. The van der Waals surface area contributed by atoms with E-state index in [0.29, 0.717) is 11.2 Å². The van der Waals surface area contributed by atoms with Crippen molar-refractivity contribution in [3.63, 3.8) is 0 Å². The third kappa shape index (κ3) is 3.15. The molecule has 0 saturated heterocycles. The Morgan fingerprint density at radius 3 is 2.30 bits per heavy atom. The number of ether oxygens (including phenoxy) is 1. The lowest BCUT2D eigenvalue weighted by Crippen LogP contribution is -2.21. The van der Waals surface area contributed by atoms with E-state index in [-0.39, 0.29) is 12.2 Å². The van der Waals surface area contributed by atoms with Crippen molar-refractivity contribution in [1.82, 2.24) is 9.97 Å². The summed E-state index contributed by atoms with van der Waals surface area (Å²) < 4.78 is 5.84. The van der Waals surface area contributed by atoms with Crippen LogP contribution in [0.2, 0.25) is 0 Å². The van der Waals surface area contributed by atoms with E-state index >= 15 is 0 Å². The molecule has 0 aliphatic carbocycles. The van der Waals surface area contributed by atoms with Crippen LogP contribution in [0.25, 0.3) is 32.0 Å². The zero-order valence-electron chi connectivity index (χ0n) is 14.6. The van der Waals surface area contributed by atoms with Gasteiger partial charge in [-0.15, -0.1) is 11.3 Å². The van der Waals surface area contributed by atoms with Crippen molar-refractivity contribution >= 4 is 27.5 Å². The largest absolute Gasteiger partial charge is 0.462 e. The molecule has 2 heterocycles. The first-order valence-electron chi connectivity index (χ1n) is 8.53. The third-order valence-electron chi connectivity index (χ3n) is 4.12. The number of aromatic nitrogens is 2. The second-order valence-corrected chi connectivity index (χ2v) is 6.85. The number of nitrogens with one attached hydrogen (secondary N) is 1. The number of carbonyl (C=O) groups is 1. The van der Waals surface area contributed by atoms with Crippen LogP contribution in [0, 0.1) is 0 Å². The first-order valence-corrected chi connectivity index (χ1v) is 9.35. The quantitative estimate of drug-likeness (QED) is 0.533. The van der Waals surface area contributed by atoms with Gasteiger partial charge in [0.25, 0.3) is 5.56 Å². The van der Waals surface area contributed by atoms with Gasteiger partial charge in [-0.05, 0) is 12.5 Å². The molecule has 4 rings (SSSR count). The van der Waals surface area contributed by atoms with Crippen molar-refractivity contribution in [3.05, 3.63) is 76.6 Å². The SMILES string of the molecule is CCOC(=O)c1c(=O)[nH]c(-c2ccccc2)c2sc(-c3ccccc3)nc12. The molecule has 0 bridgehead atoms. The van der Waals surface area contributed by atoms with Crippen molar-refractivity contribution < 1.29 is 9.53 Å². The number of fused-ring (bicyclic) bond motifs is 1. The normalized spacial score (nSPS) is 10.9. The molecule has 0 spiro atoms. The molecule has 5 nitrogen and oxygen atoms in total. The lowest BCUT2D eigenvalue weighted by molar-refractivity contribution is 0.0526. The van der Waals surface area contributed by atoms with E-state index in [1.807, 2.05) is 60.7 Å². The maximum atomic E-state index is 12.7. The van der Waals surface area contributed by atoms with Gasteiger partial charge in [0.1, 0.15) is 10.5 Å². The summed E-state index contributed by atoms with van der Waals surface area (Å²) in [4.78, 5) is 32.6. The molecule has 0 aliphatic heterocycles. The predicted molar refractivity (Wildman–Crippen MR) is 107 cm³/mol. The van der Waals surface area contributed by atoms with Gasteiger partial charge in [-0.1, -0.05) is 60.7 Å². The minimum Gasteiger partial charge on any atom is -0.462 e. The first-order chi connectivity index (χ1) is 13.2. The van der Waals surface area contributed by atoms with Gasteiger partial charge in [-0.25, -0.2) is 9.78 Å². The summed E-state index contributed by atoms with van der Waals surface area (Å²) in [7, 11) is 0. The van der Waals surface area contributed by atoms with E-state index in [1.165, 1.54) is 11.3 Å². The minimum atomic E-state index is -0.659. The zero-order chi connectivity index (χ0) is 18.8. The van der Waals surface area contributed by atoms with Gasteiger partial charge < -0.3 is 9.72 Å². The van der Waals surface area contributed by atoms with Gasteiger partial charge in [0.05, 0.1) is 17.0 Å². The van der Waals surface area contributed by atoms with Crippen LogP contribution in [-0.2, 0) is 4.74 Å². The third-order valence-corrected chi connectivity index (χ3v) is 5.24. The van der Waals surface area contributed by atoms with Crippen LogP contribution in [0.1, 0.15) is 17.3 Å². The summed E-state index contributed by atoms with van der Waals surface area (Å²) in [5.74, 6) is -0.659. The van der Waals surface area contributed by atoms with Crippen molar-refractivity contribution in [3.8, 4) is 21.8 Å². The molecule has 2 aromatic heterocycles. The van der Waals surface area contributed by atoms with Crippen LogP contribution >= 0.6 is 11.3 Å². The summed E-state index contributed by atoms with van der Waals surface area (Å²) in [5.41, 5.74) is 2.27. The number of esters is 1. The molecule has 134 valence electrons. The van der Waals surface area contributed by atoms with Gasteiger partial charge in [-0.3, -0.25) is 4.79 Å². The summed E-state index contributed by atoms with van der Waals surface area (Å²) in [6.45, 7) is 1.90. The van der Waals surface area contributed by atoms with E-state index in [4.69, 9.17) is 4.74 Å². The molecule has 0 amide bonds. The number of rotatable bonds is 4. The molecular formula is C21H16N2O3S. The Labute approximate surface area is 159 Å². The number of hydrogen-bond donors (Lipinski definition) is 1. The topological polar surface area (TPSA) is 72.1 Å². The molecule has 0 saturated carbocycles. The fraction of sp³-hybridized carbons (Fsp3) is 0.0952. The molecular weight excluding hydrogens is 360 g/mol. The van der Waals surface area contributed by atoms with Crippen molar-refractivity contribution in [2.75, 3.05) is 6.61 Å². The van der Waals surface area contributed by atoms with Crippen molar-refractivity contribution in [2.45, 2.75) is 6.92 Å². The summed E-state index contributed by atoms with van der Waals surface area (Å²) in [6, 6.07) is 19.2. The zero-order valence-corrected chi connectivity index (χ0v) is 15.4. The highest BCUT2D eigenvalue weighted by Crippen LogP contribution is 2.36. The molecule has 0 fully saturated rings. The average molecular weight is 376 g/mol. The van der Waals surface area contributed by atoms with E-state index in [9.17, 15) is 9.59 Å². The van der Waals surface area contributed by atoms with Gasteiger partial charge >= 0.3 is 5.97 Å². The standard InChI is InChI=1S/C21H16N2O3S/c1-2-26-21(25)15-17-18(27-20(23-17)14-11-7-4-8-12-14)16(22-19(15)24)13-9-5-3-6-10-13/h3-12H,2H2,1H3,(H,22,24). The molecule has 0 aliphatic rings. The Balaban J connectivity index is 2.03. The van der Waals surface area contributed by atoms with Crippen molar-refractivity contribution in [2.24, 2.45) is 0 Å². The van der Waals surface area contributed by atoms with Crippen LogP contribution in [0.15, 0.2) is 65.5 Å². The molecule has 27 heavy (non-hydrogen) atoms. The van der Waals surface area contributed by atoms with Crippen LogP contribution < -0.4 is 5.56 Å². The number of nitrogens with zero attached hydrogens (tertiary/aromatic N) is 1.